The van der Waals surface area contributed by atoms with Crippen LogP contribution in [0.15, 0.2) is 12.1 Å². The molecule has 2 aliphatic rings. The molecule has 0 spiro atoms. The zero-order valence-electron chi connectivity index (χ0n) is 12.9. The van der Waals surface area contributed by atoms with Gasteiger partial charge in [-0.3, -0.25) is 4.79 Å². The number of amides is 1. The summed E-state index contributed by atoms with van der Waals surface area (Å²) >= 11 is 6.20. The first kappa shape index (κ1) is 18.2. The Balaban J connectivity index is 0.00000192. The SMILES string of the molecule is Cl.NC1(C(=O)NCCc2cc(Cl)c3c(c2)OCCO3)CCCC1. The average Bonchev–Trinajstić information content (AvgIpc) is 2.95. The molecule has 23 heavy (non-hydrogen) atoms. The molecule has 0 aromatic heterocycles. The first-order valence-corrected chi connectivity index (χ1v) is 8.11. The van der Waals surface area contributed by atoms with E-state index in [1.54, 1.807) is 0 Å². The van der Waals surface area contributed by atoms with Gasteiger partial charge in [0, 0.05) is 6.54 Å². The first-order chi connectivity index (χ1) is 10.6. The van der Waals surface area contributed by atoms with Crippen LogP contribution in [0, 0.1) is 0 Å². The second-order valence-electron chi connectivity index (χ2n) is 5.97. The fourth-order valence-electron chi connectivity index (χ4n) is 3.04. The number of rotatable bonds is 4. The van der Waals surface area contributed by atoms with Crippen molar-refractivity contribution in [3.8, 4) is 11.5 Å². The largest absolute Gasteiger partial charge is 0.486 e. The van der Waals surface area contributed by atoms with Gasteiger partial charge < -0.3 is 20.5 Å². The van der Waals surface area contributed by atoms with Crippen LogP contribution >= 0.6 is 24.0 Å². The maximum absolute atomic E-state index is 12.2. The lowest BCUT2D eigenvalue weighted by atomic mass is 9.98. The highest BCUT2D eigenvalue weighted by Gasteiger charge is 2.36. The van der Waals surface area contributed by atoms with E-state index in [0.717, 1.165) is 31.2 Å². The predicted molar refractivity (Wildman–Crippen MR) is 91.8 cm³/mol. The van der Waals surface area contributed by atoms with Crippen LogP contribution in [0.5, 0.6) is 11.5 Å². The maximum atomic E-state index is 12.2. The molecule has 1 fully saturated rings. The van der Waals surface area contributed by atoms with Crippen molar-refractivity contribution in [3.05, 3.63) is 22.7 Å². The van der Waals surface area contributed by atoms with E-state index in [-0.39, 0.29) is 18.3 Å². The number of ether oxygens (including phenoxy) is 2. The molecule has 0 radical (unpaired) electrons. The van der Waals surface area contributed by atoms with E-state index in [9.17, 15) is 4.79 Å². The van der Waals surface area contributed by atoms with Crippen LogP contribution in [0.2, 0.25) is 5.02 Å². The van der Waals surface area contributed by atoms with Crippen molar-refractivity contribution in [3.63, 3.8) is 0 Å². The molecule has 128 valence electrons. The minimum atomic E-state index is -0.676. The number of halogens is 2. The lowest BCUT2D eigenvalue weighted by molar-refractivity contribution is -0.126. The van der Waals surface area contributed by atoms with Crippen LogP contribution in [0.4, 0.5) is 0 Å². The van der Waals surface area contributed by atoms with Crippen molar-refractivity contribution in [2.45, 2.75) is 37.6 Å². The first-order valence-electron chi connectivity index (χ1n) is 7.74. The summed E-state index contributed by atoms with van der Waals surface area (Å²) in [5, 5.41) is 3.48. The van der Waals surface area contributed by atoms with E-state index in [0.29, 0.717) is 42.7 Å². The van der Waals surface area contributed by atoms with Crippen LogP contribution in [0.3, 0.4) is 0 Å². The van der Waals surface area contributed by atoms with E-state index in [1.165, 1.54) is 0 Å². The molecule has 7 heteroatoms. The summed E-state index contributed by atoms with van der Waals surface area (Å²) in [6, 6.07) is 3.77. The Bertz CT molecular complexity index is 575. The van der Waals surface area contributed by atoms with Gasteiger partial charge in [-0.05, 0) is 37.0 Å². The lowest BCUT2D eigenvalue weighted by Gasteiger charge is -2.22. The Kier molecular flexibility index (Phi) is 6.00. The van der Waals surface area contributed by atoms with Crippen LogP contribution < -0.4 is 20.5 Å². The van der Waals surface area contributed by atoms with Crippen molar-refractivity contribution in [1.29, 1.82) is 0 Å². The van der Waals surface area contributed by atoms with Gasteiger partial charge in [-0.1, -0.05) is 24.4 Å². The smallest absolute Gasteiger partial charge is 0.240 e. The van der Waals surface area contributed by atoms with Gasteiger partial charge in [0.1, 0.15) is 13.2 Å². The number of fused-ring (bicyclic) bond motifs is 1. The Morgan fingerprint density at radius 1 is 1.26 bits per heavy atom. The number of hydrogen-bond donors (Lipinski definition) is 2. The van der Waals surface area contributed by atoms with E-state index in [2.05, 4.69) is 5.32 Å². The quantitative estimate of drug-likeness (QED) is 0.864. The van der Waals surface area contributed by atoms with E-state index >= 15 is 0 Å². The monoisotopic (exact) mass is 360 g/mol. The maximum Gasteiger partial charge on any atom is 0.240 e. The molecule has 1 saturated carbocycles. The molecule has 1 aliphatic carbocycles. The van der Waals surface area contributed by atoms with Gasteiger partial charge in [0.15, 0.2) is 11.5 Å². The molecule has 5 nitrogen and oxygen atoms in total. The molecule has 1 aromatic rings. The highest BCUT2D eigenvalue weighted by Crippen LogP contribution is 2.38. The van der Waals surface area contributed by atoms with Gasteiger partial charge in [-0.25, -0.2) is 0 Å². The lowest BCUT2D eigenvalue weighted by Crippen LogP contribution is -2.52. The molecule has 1 aliphatic heterocycles. The average molecular weight is 361 g/mol. The molecular weight excluding hydrogens is 339 g/mol. The molecule has 1 heterocycles. The topological polar surface area (TPSA) is 73.6 Å². The summed E-state index contributed by atoms with van der Waals surface area (Å²) < 4.78 is 11.0. The minimum Gasteiger partial charge on any atom is -0.486 e. The number of hydrogen-bond acceptors (Lipinski definition) is 4. The van der Waals surface area contributed by atoms with Crippen LogP contribution in [-0.2, 0) is 11.2 Å². The second-order valence-corrected chi connectivity index (χ2v) is 6.38. The summed E-state index contributed by atoms with van der Waals surface area (Å²) in [7, 11) is 0. The molecule has 0 unspecified atom stereocenters. The summed E-state index contributed by atoms with van der Waals surface area (Å²) in [6.45, 7) is 1.58. The molecule has 3 rings (SSSR count). The molecule has 1 amide bonds. The minimum absolute atomic E-state index is 0. The number of carbonyl (C=O) groups is 1. The van der Waals surface area contributed by atoms with Gasteiger partial charge in [-0.15, -0.1) is 12.4 Å². The Labute approximate surface area is 147 Å². The van der Waals surface area contributed by atoms with Crippen LogP contribution in [0.1, 0.15) is 31.2 Å². The van der Waals surface area contributed by atoms with Gasteiger partial charge in [0.25, 0.3) is 0 Å². The Hall–Kier alpha value is -1.17. The van der Waals surface area contributed by atoms with Gasteiger partial charge in [0.05, 0.1) is 10.6 Å². The normalized spacial score (nSPS) is 18.2. The van der Waals surface area contributed by atoms with Crippen molar-refractivity contribution >= 4 is 29.9 Å². The summed E-state index contributed by atoms with van der Waals surface area (Å²) in [6.07, 6.45) is 4.28. The van der Waals surface area contributed by atoms with Gasteiger partial charge in [0.2, 0.25) is 5.91 Å². The summed E-state index contributed by atoms with van der Waals surface area (Å²) in [5.41, 5.74) is 6.46. The van der Waals surface area contributed by atoms with Crippen molar-refractivity contribution in [1.82, 2.24) is 5.32 Å². The second kappa shape index (κ2) is 7.60. The number of nitrogens with one attached hydrogen (secondary N) is 1. The summed E-state index contributed by atoms with van der Waals surface area (Å²) in [5.74, 6) is 1.23. The Morgan fingerprint density at radius 2 is 1.96 bits per heavy atom. The van der Waals surface area contributed by atoms with Gasteiger partial charge >= 0.3 is 0 Å². The van der Waals surface area contributed by atoms with Crippen LogP contribution in [-0.4, -0.2) is 31.2 Å². The molecule has 1 aromatic carbocycles. The van der Waals surface area contributed by atoms with Gasteiger partial charge in [-0.2, -0.15) is 0 Å². The highest BCUT2D eigenvalue weighted by atomic mass is 35.5. The van der Waals surface area contributed by atoms with E-state index in [4.69, 9.17) is 26.8 Å². The fraction of sp³-hybridized carbons (Fsp3) is 0.562. The highest BCUT2D eigenvalue weighted by molar-refractivity contribution is 6.32. The predicted octanol–water partition coefficient (Wildman–Crippen LogP) is 2.46. The molecule has 0 atom stereocenters. The third-order valence-electron chi connectivity index (χ3n) is 4.30. The van der Waals surface area contributed by atoms with Crippen molar-refractivity contribution in [2.75, 3.05) is 19.8 Å². The molecule has 3 N–H and O–H groups in total. The molecule has 0 saturated heterocycles. The fourth-order valence-corrected chi connectivity index (χ4v) is 3.33. The van der Waals surface area contributed by atoms with E-state index in [1.807, 2.05) is 12.1 Å². The standard InChI is InChI=1S/C16H21ClN2O3.ClH/c17-12-9-11(10-13-14(12)22-8-7-21-13)3-6-19-15(20)16(18)4-1-2-5-16;/h9-10H,1-8,18H2,(H,19,20);1H. The van der Waals surface area contributed by atoms with Crippen molar-refractivity contribution in [2.24, 2.45) is 5.73 Å². The van der Waals surface area contributed by atoms with Crippen LogP contribution in [0.25, 0.3) is 0 Å². The Morgan fingerprint density at radius 3 is 2.70 bits per heavy atom. The molecule has 0 bridgehead atoms. The third kappa shape index (κ3) is 4.03. The van der Waals surface area contributed by atoms with E-state index < -0.39 is 5.54 Å². The number of nitrogens with two attached hydrogens (primary N) is 1. The summed E-state index contributed by atoms with van der Waals surface area (Å²) in [4.78, 5) is 12.2. The number of benzene rings is 1. The zero-order valence-corrected chi connectivity index (χ0v) is 14.5. The zero-order chi connectivity index (χ0) is 15.6. The number of carbonyl (C=O) groups excluding carboxylic acids is 1. The van der Waals surface area contributed by atoms with Crippen molar-refractivity contribution < 1.29 is 14.3 Å². The third-order valence-corrected chi connectivity index (χ3v) is 4.58. The molecular formula is C16H22Cl2N2O3.